The molecule has 6 rings (SSSR count). The Balaban J connectivity index is 1.10. The van der Waals surface area contributed by atoms with Crippen LogP contribution in [0.2, 0.25) is 5.02 Å². The Morgan fingerprint density at radius 2 is 1.74 bits per heavy atom. The molecule has 4 aliphatic heterocycles. The SMILES string of the molecule is CCOC(=O)C1(C)CCN(C2=NOC3(C2)CN(Cc2cc(C4CC4)c(N4CCC(F)(F)CC4)c(Cl)c2OCC)C3)CC1. The maximum absolute atomic E-state index is 13.9. The molecule has 1 aromatic rings. The zero-order valence-corrected chi connectivity index (χ0v) is 25.8. The largest absolute Gasteiger partial charge is 0.492 e. The standard InChI is InChI=1S/C31H43ClF2N4O4/c1-4-40-27-22(16-23(21-6-7-21)26(25(27)32)38-14-10-31(33,34)11-15-38)18-36-19-30(20-36)17-24(35-42-30)37-12-8-29(3,9-13-37)28(39)41-5-2/h16,21H,4-15,17-20H2,1-3H3. The van der Waals surface area contributed by atoms with E-state index in [9.17, 15) is 13.6 Å². The predicted molar refractivity (Wildman–Crippen MR) is 158 cm³/mol. The van der Waals surface area contributed by atoms with Gasteiger partial charge in [0, 0.05) is 64.2 Å². The van der Waals surface area contributed by atoms with Crippen LogP contribution in [0.25, 0.3) is 0 Å². The number of alkyl halides is 2. The topological polar surface area (TPSA) is 66.8 Å². The molecule has 1 aliphatic carbocycles. The quantitative estimate of drug-likeness (QED) is 0.345. The van der Waals surface area contributed by atoms with Crippen LogP contribution in [-0.2, 0) is 20.9 Å². The first kappa shape index (κ1) is 29.7. The van der Waals surface area contributed by atoms with E-state index in [0.717, 1.165) is 75.4 Å². The van der Waals surface area contributed by atoms with Gasteiger partial charge in [-0.3, -0.25) is 9.69 Å². The summed E-state index contributed by atoms with van der Waals surface area (Å²) in [7, 11) is 0. The minimum atomic E-state index is -2.61. The van der Waals surface area contributed by atoms with Crippen molar-refractivity contribution in [3.8, 4) is 5.75 Å². The fourth-order valence-corrected chi connectivity index (χ4v) is 7.33. The fourth-order valence-electron chi connectivity index (χ4n) is 6.93. The Labute approximate surface area is 252 Å². The van der Waals surface area contributed by atoms with Crippen LogP contribution in [-0.4, -0.2) is 85.6 Å². The number of nitrogens with zero attached hydrogens (tertiary/aromatic N) is 4. The van der Waals surface area contributed by atoms with Crippen LogP contribution in [0, 0.1) is 5.41 Å². The van der Waals surface area contributed by atoms with E-state index in [4.69, 9.17) is 25.9 Å². The van der Waals surface area contributed by atoms with E-state index >= 15 is 0 Å². The Kier molecular flexibility index (Phi) is 8.00. The van der Waals surface area contributed by atoms with Crippen LogP contribution in [0.4, 0.5) is 14.5 Å². The minimum absolute atomic E-state index is 0.109. The number of amidine groups is 1. The molecule has 8 nitrogen and oxygen atoms in total. The Morgan fingerprint density at radius 3 is 2.36 bits per heavy atom. The van der Waals surface area contributed by atoms with Gasteiger partial charge in [0.2, 0.25) is 0 Å². The van der Waals surface area contributed by atoms with Crippen molar-refractivity contribution in [2.45, 2.75) is 89.7 Å². The van der Waals surface area contributed by atoms with Crippen molar-refractivity contribution in [3.05, 3.63) is 22.2 Å². The van der Waals surface area contributed by atoms with Crippen LogP contribution < -0.4 is 9.64 Å². The van der Waals surface area contributed by atoms with Gasteiger partial charge >= 0.3 is 5.97 Å². The van der Waals surface area contributed by atoms with Crippen molar-refractivity contribution >= 4 is 29.1 Å². The molecule has 0 aromatic heterocycles. The summed E-state index contributed by atoms with van der Waals surface area (Å²) in [6.07, 6.45) is 4.12. The van der Waals surface area contributed by atoms with Gasteiger partial charge in [0.1, 0.15) is 16.6 Å². The first-order valence-electron chi connectivity index (χ1n) is 15.6. The van der Waals surface area contributed by atoms with Crippen LogP contribution in [0.1, 0.15) is 82.8 Å². The number of anilines is 1. The number of hydrogen-bond donors (Lipinski definition) is 0. The highest BCUT2D eigenvalue weighted by Crippen LogP contribution is 2.52. The molecule has 0 radical (unpaired) electrons. The Bertz CT molecular complexity index is 1220. The van der Waals surface area contributed by atoms with Crippen LogP contribution in [0.15, 0.2) is 11.2 Å². The van der Waals surface area contributed by atoms with E-state index < -0.39 is 11.3 Å². The van der Waals surface area contributed by atoms with Gasteiger partial charge < -0.3 is 24.1 Å². The van der Waals surface area contributed by atoms with E-state index in [0.29, 0.717) is 49.5 Å². The molecule has 1 saturated carbocycles. The molecule has 4 fully saturated rings. The average molecular weight is 609 g/mol. The number of halogens is 3. The minimum Gasteiger partial charge on any atom is -0.492 e. The molecule has 42 heavy (non-hydrogen) atoms. The number of benzene rings is 1. The molecule has 4 heterocycles. The summed E-state index contributed by atoms with van der Waals surface area (Å²) in [6, 6.07) is 2.22. The van der Waals surface area contributed by atoms with Crippen molar-refractivity contribution in [1.29, 1.82) is 0 Å². The van der Waals surface area contributed by atoms with Crippen LogP contribution >= 0.6 is 11.6 Å². The van der Waals surface area contributed by atoms with Crippen LogP contribution in [0.5, 0.6) is 5.75 Å². The summed E-state index contributed by atoms with van der Waals surface area (Å²) in [4.78, 5) is 25.1. The second-order valence-electron chi connectivity index (χ2n) is 13.0. The number of esters is 1. The lowest BCUT2D eigenvalue weighted by molar-refractivity contribution is -0.156. The number of rotatable bonds is 8. The van der Waals surface area contributed by atoms with Gasteiger partial charge in [0.05, 0.1) is 30.7 Å². The van der Waals surface area contributed by atoms with Crippen LogP contribution in [0.3, 0.4) is 0 Å². The molecule has 11 heteroatoms. The number of hydrogen-bond acceptors (Lipinski definition) is 8. The number of piperidine rings is 2. The molecule has 0 amide bonds. The molecule has 5 aliphatic rings. The molecular formula is C31H43ClF2N4O4. The fraction of sp³-hybridized carbons (Fsp3) is 0.742. The first-order chi connectivity index (χ1) is 20.1. The molecule has 0 atom stereocenters. The summed E-state index contributed by atoms with van der Waals surface area (Å²) >= 11 is 7.05. The summed E-state index contributed by atoms with van der Waals surface area (Å²) in [5.74, 6) is -0.670. The number of oxime groups is 1. The van der Waals surface area contributed by atoms with Crippen molar-refractivity contribution in [3.63, 3.8) is 0 Å². The van der Waals surface area contributed by atoms with E-state index in [1.807, 2.05) is 25.7 Å². The monoisotopic (exact) mass is 608 g/mol. The third kappa shape index (κ3) is 5.77. The molecule has 232 valence electrons. The lowest BCUT2D eigenvalue weighted by Crippen LogP contribution is -2.61. The summed E-state index contributed by atoms with van der Waals surface area (Å²) in [5.41, 5.74) is 2.33. The van der Waals surface area contributed by atoms with Gasteiger partial charge in [-0.15, -0.1) is 0 Å². The average Bonchev–Trinajstić information content (AvgIpc) is 3.69. The zero-order valence-electron chi connectivity index (χ0n) is 25.0. The third-order valence-electron chi connectivity index (χ3n) is 9.66. The van der Waals surface area contributed by atoms with E-state index in [1.165, 1.54) is 5.56 Å². The smallest absolute Gasteiger partial charge is 0.311 e. The van der Waals surface area contributed by atoms with Crippen molar-refractivity contribution in [2.24, 2.45) is 10.6 Å². The summed E-state index contributed by atoms with van der Waals surface area (Å²) in [6.45, 7) is 11.0. The predicted octanol–water partition coefficient (Wildman–Crippen LogP) is 5.81. The number of carbonyl (C=O) groups excluding carboxylic acids is 1. The maximum atomic E-state index is 13.9. The van der Waals surface area contributed by atoms with Crippen molar-refractivity contribution in [2.75, 3.05) is 57.4 Å². The molecule has 3 saturated heterocycles. The van der Waals surface area contributed by atoms with Gasteiger partial charge in [-0.05, 0) is 64.0 Å². The highest BCUT2D eigenvalue weighted by Gasteiger charge is 2.52. The molecule has 0 unspecified atom stereocenters. The Morgan fingerprint density at radius 1 is 1.07 bits per heavy atom. The maximum Gasteiger partial charge on any atom is 0.311 e. The van der Waals surface area contributed by atoms with E-state index in [1.54, 1.807) is 0 Å². The first-order valence-corrected chi connectivity index (χ1v) is 15.9. The van der Waals surface area contributed by atoms with Gasteiger partial charge in [0.15, 0.2) is 5.60 Å². The normalized spacial score (nSPS) is 24.7. The highest BCUT2D eigenvalue weighted by atomic mass is 35.5. The number of carbonyl (C=O) groups is 1. The van der Waals surface area contributed by atoms with E-state index in [2.05, 4.69) is 21.0 Å². The molecule has 0 bridgehead atoms. The second-order valence-corrected chi connectivity index (χ2v) is 13.4. The molecular weight excluding hydrogens is 566 g/mol. The number of ether oxygens (including phenoxy) is 2. The van der Waals surface area contributed by atoms with Gasteiger partial charge in [-0.25, -0.2) is 8.78 Å². The molecule has 0 N–H and O–H groups in total. The Hall–Kier alpha value is -2.33. The zero-order chi connectivity index (χ0) is 29.7. The second kappa shape index (κ2) is 11.3. The summed E-state index contributed by atoms with van der Waals surface area (Å²) < 4.78 is 39.3. The number of likely N-dealkylation sites (tertiary alicyclic amines) is 2. The molecule has 1 aromatic carbocycles. The third-order valence-corrected chi connectivity index (χ3v) is 10.0. The lowest BCUT2D eigenvalue weighted by atomic mass is 9.80. The summed E-state index contributed by atoms with van der Waals surface area (Å²) in [5, 5.41) is 5.04. The van der Waals surface area contributed by atoms with Gasteiger partial charge in [-0.2, -0.15) is 0 Å². The molecule has 1 spiro atoms. The highest BCUT2D eigenvalue weighted by molar-refractivity contribution is 6.35. The van der Waals surface area contributed by atoms with E-state index in [-0.39, 0.29) is 24.4 Å². The van der Waals surface area contributed by atoms with Gasteiger partial charge in [-0.1, -0.05) is 16.8 Å². The van der Waals surface area contributed by atoms with Crippen molar-refractivity contribution in [1.82, 2.24) is 9.80 Å². The van der Waals surface area contributed by atoms with Crippen molar-refractivity contribution < 1.29 is 27.9 Å². The van der Waals surface area contributed by atoms with Gasteiger partial charge in [0.25, 0.3) is 5.92 Å². The lowest BCUT2D eigenvalue weighted by Gasteiger charge is -2.46.